The van der Waals surface area contributed by atoms with E-state index in [1.165, 1.54) is 10.9 Å². The number of alkyl halides is 3. The summed E-state index contributed by atoms with van der Waals surface area (Å²) in [7, 11) is 0. The van der Waals surface area contributed by atoms with E-state index >= 15 is 0 Å². The highest BCUT2D eigenvalue weighted by Crippen LogP contribution is 2.41. The van der Waals surface area contributed by atoms with Crippen molar-refractivity contribution in [2.24, 2.45) is 0 Å². The number of benzene rings is 1. The van der Waals surface area contributed by atoms with E-state index in [2.05, 4.69) is 20.5 Å². The minimum Gasteiger partial charge on any atom is -0.304 e. The van der Waals surface area contributed by atoms with Crippen molar-refractivity contribution in [2.45, 2.75) is 31.5 Å². The lowest BCUT2D eigenvalue weighted by Crippen LogP contribution is -2.16. The Morgan fingerprint density at radius 3 is 2.58 bits per heavy atom. The van der Waals surface area contributed by atoms with Gasteiger partial charge in [0.1, 0.15) is 16.3 Å². The number of amides is 1. The Balaban J connectivity index is 1.43. The lowest BCUT2D eigenvalue weighted by molar-refractivity contribution is -0.142. The van der Waals surface area contributed by atoms with Gasteiger partial charge in [0.2, 0.25) is 0 Å². The molecule has 3 aromatic heterocycles. The third kappa shape index (κ3) is 4.40. The molecule has 7 nitrogen and oxygen atoms in total. The predicted molar refractivity (Wildman–Crippen MR) is 116 cm³/mol. The average Bonchev–Trinajstić information content (AvgIpc) is 3.43. The van der Waals surface area contributed by atoms with Crippen LogP contribution in [0.15, 0.2) is 42.7 Å². The zero-order valence-electron chi connectivity index (χ0n) is 16.8. The molecule has 0 saturated heterocycles. The summed E-state index contributed by atoms with van der Waals surface area (Å²) in [5.41, 5.74) is -0.0313. The van der Waals surface area contributed by atoms with Gasteiger partial charge in [0.05, 0.1) is 12.7 Å². The highest BCUT2D eigenvalue weighted by molar-refractivity contribution is 6.33. The lowest BCUT2D eigenvalue weighted by atomic mass is 10.2. The number of aromatic nitrogens is 5. The standard InChI is InChI=1S/C21H15Cl2F3N6O/c22-13-5-1-11(2-6-13)9-31-10-15(23)18(30-31)29-20(33)14-8-27-32-17(21(24,25)26)7-16(12-3-4-12)28-19(14)32/h1-2,5-8,10,12H,3-4,9H2,(H,29,30,33). The van der Waals surface area contributed by atoms with E-state index in [0.717, 1.165) is 30.7 Å². The van der Waals surface area contributed by atoms with Crippen LogP contribution in [0.2, 0.25) is 10.0 Å². The van der Waals surface area contributed by atoms with E-state index in [0.29, 0.717) is 21.8 Å². The van der Waals surface area contributed by atoms with Crippen LogP contribution in [-0.2, 0) is 12.7 Å². The summed E-state index contributed by atoms with van der Waals surface area (Å²) in [6, 6.07) is 8.14. The van der Waals surface area contributed by atoms with Gasteiger partial charge in [0, 0.05) is 22.8 Å². The number of fused-ring (bicyclic) bond motifs is 1. The minimum atomic E-state index is -4.64. The molecule has 12 heteroatoms. The zero-order chi connectivity index (χ0) is 23.3. The molecule has 3 heterocycles. The molecule has 170 valence electrons. The summed E-state index contributed by atoms with van der Waals surface area (Å²) in [5, 5.41) is 11.3. The Kier molecular flexibility index (Phi) is 5.29. The number of rotatable bonds is 5. The fourth-order valence-corrected chi connectivity index (χ4v) is 3.77. The van der Waals surface area contributed by atoms with Gasteiger partial charge >= 0.3 is 6.18 Å². The summed E-state index contributed by atoms with van der Waals surface area (Å²) < 4.78 is 42.9. The Bertz CT molecular complexity index is 1360. The normalized spacial score (nSPS) is 14.1. The van der Waals surface area contributed by atoms with Gasteiger partial charge in [-0.25, -0.2) is 9.50 Å². The van der Waals surface area contributed by atoms with Crippen molar-refractivity contribution in [2.75, 3.05) is 5.32 Å². The molecule has 1 aliphatic rings. The second kappa shape index (κ2) is 8.03. The van der Waals surface area contributed by atoms with Gasteiger partial charge < -0.3 is 5.32 Å². The first kappa shape index (κ1) is 21.7. The van der Waals surface area contributed by atoms with Crippen molar-refractivity contribution < 1.29 is 18.0 Å². The van der Waals surface area contributed by atoms with Crippen LogP contribution >= 0.6 is 23.2 Å². The number of halogens is 5. The Morgan fingerprint density at radius 1 is 1.18 bits per heavy atom. The zero-order valence-corrected chi connectivity index (χ0v) is 18.3. The van der Waals surface area contributed by atoms with Crippen LogP contribution in [0.4, 0.5) is 19.0 Å². The van der Waals surface area contributed by atoms with E-state index in [-0.39, 0.29) is 28.0 Å². The first-order valence-corrected chi connectivity index (χ1v) is 10.7. The topological polar surface area (TPSA) is 77.1 Å². The van der Waals surface area contributed by atoms with Crippen molar-refractivity contribution in [3.05, 3.63) is 75.3 Å². The maximum Gasteiger partial charge on any atom is 0.433 e. The van der Waals surface area contributed by atoms with Crippen molar-refractivity contribution in [1.29, 1.82) is 0 Å². The monoisotopic (exact) mass is 494 g/mol. The number of hydrogen-bond acceptors (Lipinski definition) is 4. The van der Waals surface area contributed by atoms with Crippen molar-refractivity contribution in [3.63, 3.8) is 0 Å². The van der Waals surface area contributed by atoms with Gasteiger partial charge in [-0.15, -0.1) is 0 Å². The Morgan fingerprint density at radius 2 is 1.91 bits per heavy atom. The summed E-state index contributed by atoms with van der Waals surface area (Å²) in [5.74, 6) is -0.679. The van der Waals surface area contributed by atoms with Gasteiger partial charge in [-0.05, 0) is 36.6 Å². The van der Waals surface area contributed by atoms with Gasteiger partial charge in [-0.1, -0.05) is 35.3 Å². The molecule has 0 atom stereocenters. The minimum absolute atomic E-state index is 0.0417. The molecule has 1 fully saturated rings. The average molecular weight is 495 g/mol. The molecule has 0 radical (unpaired) electrons. The SMILES string of the molecule is O=C(Nc1nn(Cc2ccc(Cl)cc2)cc1Cl)c1cnn2c(C(F)(F)F)cc(C3CC3)nc12. The third-order valence-corrected chi connectivity index (χ3v) is 5.76. The van der Waals surface area contributed by atoms with Crippen molar-refractivity contribution >= 4 is 40.6 Å². The van der Waals surface area contributed by atoms with Gasteiger partial charge in [-0.2, -0.15) is 23.4 Å². The highest BCUT2D eigenvalue weighted by atomic mass is 35.5. The summed E-state index contributed by atoms with van der Waals surface area (Å²) in [6.07, 6.45) is -0.531. The number of hydrogen-bond donors (Lipinski definition) is 1. The number of anilines is 1. The maximum absolute atomic E-state index is 13.6. The van der Waals surface area contributed by atoms with Crippen LogP contribution < -0.4 is 5.32 Å². The van der Waals surface area contributed by atoms with E-state index in [4.69, 9.17) is 23.2 Å². The quantitative estimate of drug-likeness (QED) is 0.401. The third-order valence-electron chi connectivity index (χ3n) is 5.23. The molecule has 0 unspecified atom stereocenters. The second-order valence-corrected chi connectivity index (χ2v) is 8.58. The Hall–Kier alpha value is -3.11. The first-order valence-electron chi connectivity index (χ1n) is 9.93. The van der Waals surface area contributed by atoms with Gasteiger partial charge in [0.25, 0.3) is 5.91 Å². The van der Waals surface area contributed by atoms with E-state index in [1.54, 1.807) is 12.1 Å². The molecular formula is C21H15Cl2F3N6O. The fraction of sp³-hybridized carbons (Fsp3) is 0.238. The van der Waals surface area contributed by atoms with Crippen LogP contribution in [-0.4, -0.2) is 30.3 Å². The molecule has 1 aromatic carbocycles. The van der Waals surface area contributed by atoms with Crippen LogP contribution in [0.25, 0.3) is 5.65 Å². The van der Waals surface area contributed by atoms with Crippen LogP contribution in [0, 0.1) is 0 Å². The van der Waals surface area contributed by atoms with Gasteiger partial charge in [-0.3, -0.25) is 9.48 Å². The van der Waals surface area contributed by atoms with Crippen LogP contribution in [0.1, 0.15) is 46.1 Å². The number of nitrogens with zero attached hydrogens (tertiary/aromatic N) is 5. The largest absolute Gasteiger partial charge is 0.433 e. The first-order chi connectivity index (χ1) is 15.7. The molecule has 4 aromatic rings. The number of carbonyl (C=O) groups is 1. The second-order valence-electron chi connectivity index (χ2n) is 7.74. The van der Waals surface area contributed by atoms with E-state index < -0.39 is 17.8 Å². The molecule has 5 rings (SSSR count). The molecule has 1 N–H and O–H groups in total. The molecule has 1 aliphatic carbocycles. The van der Waals surface area contributed by atoms with Crippen LogP contribution in [0.3, 0.4) is 0 Å². The summed E-state index contributed by atoms with van der Waals surface area (Å²) in [4.78, 5) is 17.2. The molecule has 0 bridgehead atoms. The highest BCUT2D eigenvalue weighted by Gasteiger charge is 2.38. The van der Waals surface area contributed by atoms with E-state index in [9.17, 15) is 18.0 Å². The Labute approximate surface area is 195 Å². The number of carbonyl (C=O) groups excluding carboxylic acids is 1. The van der Waals surface area contributed by atoms with E-state index in [1.807, 2.05) is 12.1 Å². The molecule has 0 spiro atoms. The van der Waals surface area contributed by atoms with Gasteiger partial charge in [0.15, 0.2) is 11.5 Å². The molecule has 1 saturated carbocycles. The maximum atomic E-state index is 13.6. The van der Waals surface area contributed by atoms with Crippen LogP contribution in [0.5, 0.6) is 0 Å². The van der Waals surface area contributed by atoms with Crippen molar-refractivity contribution in [1.82, 2.24) is 24.4 Å². The molecular weight excluding hydrogens is 480 g/mol. The lowest BCUT2D eigenvalue weighted by Gasteiger charge is -2.11. The molecule has 1 amide bonds. The summed E-state index contributed by atoms with van der Waals surface area (Å²) in [6.45, 7) is 0.380. The smallest absolute Gasteiger partial charge is 0.304 e. The predicted octanol–water partition coefficient (Wildman–Crippen LogP) is 5.43. The molecule has 33 heavy (non-hydrogen) atoms. The molecule has 0 aliphatic heterocycles. The fourth-order valence-electron chi connectivity index (χ4n) is 3.45. The number of nitrogens with one attached hydrogen (secondary N) is 1. The van der Waals surface area contributed by atoms with Crippen molar-refractivity contribution in [3.8, 4) is 0 Å². The summed E-state index contributed by atoms with van der Waals surface area (Å²) >= 11 is 12.1.